The van der Waals surface area contributed by atoms with Crippen molar-refractivity contribution >= 4 is 0 Å². The zero-order chi connectivity index (χ0) is 10.7. The van der Waals surface area contributed by atoms with Crippen LogP contribution in [0.2, 0.25) is 0 Å². The molecule has 82 valence electrons. The molecule has 1 fully saturated rings. The van der Waals surface area contributed by atoms with Gasteiger partial charge in [-0.15, -0.1) is 0 Å². The van der Waals surface area contributed by atoms with E-state index < -0.39 is 0 Å². The third-order valence-corrected chi connectivity index (χ3v) is 3.31. The van der Waals surface area contributed by atoms with Crippen LogP contribution in [0.25, 0.3) is 0 Å². The van der Waals surface area contributed by atoms with E-state index in [9.17, 15) is 0 Å². The summed E-state index contributed by atoms with van der Waals surface area (Å²) in [5, 5.41) is 3.48. The summed E-state index contributed by atoms with van der Waals surface area (Å²) in [6, 6.07) is 9.07. The molecule has 1 aromatic rings. The second kappa shape index (κ2) is 4.80. The summed E-state index contributed by atoms with van der Waals surface area (Å²) < 4.78 is 0. The van der Waals surface area contributed by atoms with Gasteiger partial charge in [0.25, 0.3) is 0 Å². The first-order chi connectivity index (χ1) is 7.31. The summed E-state index contributed by atoms with van der Waals surface area (Å²) >= 11 is 0. The molecule has 1 aromatic carbocycles. The summed E-state index contributed by atoms with van der Waals surface area (Å²) in [7, 11) is 0. The normalized spacial score (nSPS) is 17.7. The van der Waals surface area contributed by atoms with Crippen LogP contribution >= 0.6 is 0 Å². The molecule has 0 bridgehead atoms. The maximum atomic E-state index is 3.48. The predicted octanol–water partition coefficient (Wildman–Crippen LogP) is 3.10. The maximum Gasteiger partial charge on any atom is 0.00227 e. The predicted molar refractivity (Wildman–Crippen MR) is 65.2 cm³/mol. The van der Waals surface area contributed by atoms with Crippen LogP contribution in [0.1, 0.15) is 36.8 Å². The van der Waals surface area contributed by atoms with E-state index in [2.05, 4.69) is 43.4 Å². The Morgan fingerprint density at radius 1 is 1.27 bits per heavy atom. The molecule has 0 heterocycles. The van der Waals surface area contributed by atoms with Crippen LogP contribution in [-0.2, 0) is 0 Å². The van der Waals surface area contributed by atoms with Crippen molar-refractivity contribution in [3.05, 3.63) is 35.4 Å². The molecule has 1 saturated carbocycles. The van der Waals surface area contributed by atoms with Gasteiger partial charge < -0.3 is 5.32 Å². The minimum Gasteiger partial charge on any atom is -0.316 e. The van der Waals surface area contributed by atoms with Crippen LogP contribution < -0.4 is 5.32 Å². The number of hydrogen-bond acceptors (Lipinski definition) is 1. The van der Waals surface area contributed by atoms with Crippen molar-refractivity contribution < 1.29 is 0 Å². The van der Waals surface area contributed by atoms with Gasteiger partial charge in [0.2, 0.25) is 0 Å². The molecule has 0 radical (unpaired) electrons. The van der Waals surface area contributed by atoms with Crippen molar-refractivity contribution in [2.45, 2.75) is 32.6 Å². The zero-order valence-corrected chi connectivity index (χ0v) is 9.79. The SMILES string of the molecule is CCNCC(c1ccc(C)cc1)C1CC1. The van der Waals surface area contributed by atoms with Gasteiger partial charge in [0.1, 0.15) is 0 Å². The van der Waals surface area contributed by atoms with E-state index >= 15 is 0 Å². The highest BCUT2D eigenvalue weighted by atomic mass is 14.8. The van der Waals surface area contributed by atoms with Gasteiger partial charge in [0.15, 0.2) is 0 Å². The highest BCUT2D eigenvalue weighted by molar-refractivity contribution is 5.26. The molecule has 2 rings (SSSR count). The second-order valence-electron chi connectivity index (χ2n) is 4.66. The van der Waals surface area contributed by atoms with E-state index in [0.29, 0.717) is 0 Å². The zero-order valence-electron chi connectivity index (χ0n) is 9.79. The van der Waals surface area contributed by atoms with E-state index in [1.807, 2.05) is 0 Å². The average Bonchev–Trinajstić information content (AvgIpc) is 3.05. The van der Waals surface area contributed by atoms with Crippen molar-refractivity contribution in [1.82, 2.24) is 5.32 Å². The van der Waals surface area contributed by atoms with Crippen LogP contribution in [0.5, 0.6) is 0 Å². The molecule has 1 nitrogen and oxygen atoms in total. The lowest BCUT2D eigenvalue weighted by atomic mass is 9.93. The van der Waals surface area contributed by atoms with Crippen molar-refractivity contribution in [3.8, 4) is 0 Å². The Labute approximate surface area is 92.9 Å². The molecular formula is C14H21N. The minimum absolute atomic E-state index is 0.741. The highest BCUT2D eigenvalue weighted by Gasteiger charge is 2.31. The molecular weight excluding hydrogens is 182 g/mol. The fraction of sp³-hybridized carbons (Fsp3) is 0.571. The summed E-state index contributed by atoms with van der Waals surface area (Å²) in [5.74, 6) is 1.68. The fourth-order valence-electron chi connectivity index (χ4n) is 2.17. The number of likely N-dealkylation sites (N-methyl/N-ethyl adjacent to an activating group) is 1. The van der Waals surface area contributed by atoms with Gasteiger partial charge in [0, 0.05) is 6.54 Å². The molecule has 1 aliphatic carbocycles. The number of hydrogen-bond donors (Lipinski definition) is 1. The fourth-order valence-corrected chi connectivity index (χ4v) is 2.17. The highest BCUT2D eigenvalue weighted by Crippen LogP contribution is 2.42. The van der Waals surface area contributed by atoms with Gasteiger partial charge >= 0.3 is 0 Å². The molecule has 1 atom stereocenters. The van der Waals surface area contributed by atoms with Gasteiger partial charge in [-0.2, -0.15) is 0 Å². The molecule has 1 unspecified atom stereocenters. The number of benzene rings is 1. The van der Waals surface area contributed by atoms with Crippen LogP contribution in [0.15, 0.2) is 24.3 Å². The first-order valence-corrected chi connectivity index (χ1v) is 6.08. The average molecular weight is 203 g/mol. The second-order valence-corrected chi connectivity index (χ2v) is 4.66. The van der Waals surface area contributed by atoms with Crippen LogP contribution in [0.3, 0.4) is 0 Å². The van der Waals surface area contributed by atoms with Gasteiger partial charge in [0.05, 0.1) is 0 Å². The number of aryl methyl sites for hydroxylation is 1. The van der Waals surface area contributed by atoms with E-state index in [4.69, 9.17) is 0 Å². The standard InChI is InChI=1S/C14H21N/c1-3-15-10-14(13-8-9-13)12-6-4-11(2)5-7-12/h4-7,13-15H,3,8-10H2,1-2H3. The van der Waals surface area contributed by atoms with Crippen LogP contribution in [0.4, 0.5) is 0 Å². The molecule has 0 amide bonds. The van der Waals surface area contributed by atoms with Crippen molar-refractivity contribution in [2.75, 3.05) is 13.1 Å². The van der Waals surface area contributed by atoms with Crippen molar-refractivity contribution in [3.63, 3.8) is 0 Å². The van der Waals surface area contributed by atoms with Crippen LogP contribution in [-0.4, -0.2) is 13.1 Å². The van der Waals surface area contributed by atoms with Gasteiger partial charge in [-0.3, -0.25) is 0 Å². The smallest absolute Gasteiger partial charge is 0.00227 e. The van der Waals surface area contributed by atoms with Crippen molar-refractivity contribution in [2.24, 2.45) is 5.92 Å². The molecule has 0 saturated heterocycles. The number of nitrogens with one attached hydrogen (secondary N) is 1. The maximum absolute atomic E-state index is 3.48. The molecule has 1 N–H and O–H groups in total. The Morgan fingerprint density at radius 3 is 2.47 bits per heavy atom. The van der Waals surface area contributed by atoms with E-state index in [0.717, 1.165) is 24.9 Å². The lowest BCUT2D eigenvalue weighted by Gasteiger charge is -2.17. The molecule has 1 aliphatic rings. The largest absolute Gasteiger partial charge is 0.316 e. The Bertz CT molecular complexity index is 298. The Hall–Kier alpha value is -0.820. The van der Waals surface area contributed by atoms with Gasteiger partial charge in [-0.1, -0.05) is 36.8 Å². The van der Waals surface area contributed by atoms with Crippen molar-refractivity contribution in [1.29, 1.82) is 0 Å². The minimum atomic E-state index is 0.741. The first-order valence-electron chi connectivity index (χ1n) is 6.08. The molecule has 15 heavy (non-hydrogen) atoms. The van der Waals surface area contributed by atoms with Gasteiger partial charge in [-0.05, 0) is 43.7 Å². The summed E-state index contributed by atoms with van der Waals surface area (Å²) in [6.45, 7) is 6.55. The summed E-state index contributed by atoms with van der Waals surface area (Å²) in [4.78, 5) is 0. The third kappa shape index (κ3) is 2.82. The lowest BCUT2D eigenvalue weighted by molar-refractivity contribution is 0.545. The van der Waals surface area contributed by atoms with E-state index in [1.54, 1.807) is 0 Å². The topological polar surface area (TPSA) is 12.0 Å². The van der Waals surface area contributed by atoms with Crippen LogP contribution in [0, 0.1) is 12.8 Å². The quantitative estimate of drug-likeness (QED) is 0.775. The number of rotatable bonds is 5. The molecule has 0 aromatic heterocycles. The monoisotopic (exact) mass is 203 g/mol. The molecule has 0 aliphatic heterocycles. The lowest BCUT2D eigenvalue weighted by Crippen LogP contribution is -2.22. The first kappa shape index (κ1) is 10.7. The van der Waals surface area contributed by atoms with E-state index in [-0.39, 0.29) is 0 Å². The van der Waals surface area contributed by atoms with E-state index in [1.165, 1.54) is 24.0 Å². The third-order valence-electron chi connectivity index (χ3n) is 3.31. The summed E-state index contributed by atoms with van der Waals surface area (Å²) in [6.07, 6.45) is 2.84. The Kier molecular flexibility index (Phi) is 3.42. The molecule has 1 heteroatoms. The Balaban J connectivity index is 2.06. The molecule has 0 spiro atoms. The Morgan fingerprint density at radius 2 is 1.93 bits per heavy atom. The summed E-state index contributed by atoms with van der Waals surface area (Å²) in [5.41, 5.74) is 2.88. The van der Waals surface area contributed by atoms with Gasteiger partial charge in [-0.25, -0.2) is 0 Å².